The van der Waals surface area contributed by atoms with Crippen molar-refractivity contribution in [3.63, 3.8) is 0 Å². The predicted molar refractivity (Wildman–Crippen MR) is 127 cm³/mol. The maximum Gasteiger partial charge on any atom is 0.259 e. The van der Waals surface area contributed by atoms with Crippen LogP contribution in [0.4, 0.5) is 17.3 Å². The van der Waals surface area contributed by atoms with E-state index in [-0.39, 0.29) is 11.8 Å². The number of hydrogen-bond donors (Lipinski definition) is 2. The number of pyridine rings is 1. The van der Waals surface area contributed by atoms with Gasteiger partial charge >= 0.3 is 0 Å². The zero-order valence-electron chi connectivity index (χ0n) is 18.8. The lowest BCUT2D eigenvalue weighted by Crippen LogP contribution is -2.31. The minimum absolute atomic E-state index is 0.0531. The highest BCUT2D eigenvalue weighted by molar-refractivity contribution is 6.09. The fraction of sp³-hybridized carbons (Fsp3) is 0.320. The number of piperidine rings is 1. The van der Waals surface area contributed by atoms with E-state index in [0.29, 0.717) is 22.9 Å². The highest BCUT2D eigenvalue weighted by Crippen LogP contribution is 2.38. The van der Waals surface area contributed by atoms with E-state index in [1.807, 2.05) is 38.1 Å². The molecule has 8 heteroatoms. The van der Waals surface area contributed by atoms with Crippen LogP contribution in [0, 0.1) is 0 Å². The molecule has 168 valence electrons. The Bertz CT molecular complexity index is 1220. The number of carbonyl (C=O) groups excluding carboxylic acids is 2. The quantitative estimate of drug-likeness (QED) is 0.633. The average Bonchev–Trinajstić information content (AvgIpc) is 3.07. The molecule has 2 aliphatic heterocycles. The molecule has 0 unspecified atom stereocenters. The van der Waals surface area contributed by atoms with Gasteiger partial charge in [-0.3, -0.25) is 14.6 Å². The number of nitrogens with zero attached hydrogens (tertiary/aromatic N) is 4. The summed E-state index contributed by atoms with van der Waals surface area (Å²) in [7, 11) is 0. The van der Waals surface area contributed by atoms with E-state index in [9.17, 15) is 9.59 Å². The molecule has 0 atom stereocenters. The number of hydrogen-bond acceptors (Lipinski definition) is 6. The Balaban J connectivity index is 1.48. The Morgan fingerprint density at radius 1 is 1.09 bits per heavy atom. The van der Waals surface area contributed by atoms with Crippen LogP contribution in [0.25, 0.3) is 11.3 Å². The first kappa shape index (κ1) is 21.1. The van der Waals surface area contributed by atoms with Gasteiger partial charge in [-0.25, -0.2) is 9.97 Å². The van der Waals surface area contributed by atoms with E-state index in [4.69, 9.17) is 4.98 Å². The Hall–Kier alpha value is -3.81. The zero-order chi connectivity index (χ0) is 23.0. The van der Waals surface area contributed by atoms with Crippen molar-refractivity contribution in [3.8, 4) is 11.3 Å². The Labute approximate surface area is 192 Å². The van der Waals surface area contributed by atoms with E-state index < -0.39 is 5.41 Å². The van der Waals surface area contributed by atoms with Gasteiger partial charge < -0.3 is 15.5 Å². The van der Waals surface area contributed by atoms with Gasteiger partial charge in [0.25, 0.3) is 5.91 Å². The van der Waals surface area contributed by atoms with Crippen molar-refractivity contribution in [1.82, 2.24) is 15.0 Å². The van der Waals surface area contributed by atoms with Gasteiger partial charge in [0.15, 0.2) is 0 Å². The molecule has 1 fully saturated rings. The van der Waals surface area contributed by atoms with Crippen molar-refractivity contribution in [2.45, 2.75) is 38.5 Å². The molecule has 8 nitrogen and oxygen atoms in total. The summed E-state index contributed by atoms with van der Waals surface area (Å²) in [5, 5.41) is 5.85. The first-order valence-electron chi connectivity index (χ1n) is 11.2. The van der Waals surface area contributed by atoms with Gasteiger partial charge in [0.05, 0.1) is 16.7 Å². The molecule has 1 saturated heterocycles. The van der Waals surface area contributed by atoms with Crippen LogP contribution >= 0.6 is 0 Å². The normalized spacial score (nSPS) is 16.8. The number of anilines is 3. The fourth-order valence-electron chi connectivity index (χ4n) is 4.36. The molecule has 0 spiro atoms. The van der Waals surface area contributed by atoms with Crippen molar-refractivity contribution in [2.75, 3.05) is 28.6 Å². The molecular weight excluding hydrogens is 416 g/mol. The molecule has 4 heterocycles. The number of amides is 2. The van der Waals surface area contributed by atoms with Crippen molar-refractivity contribution < 1.29 is 9.59 Å². The summed E-state index contributed by atoms with van der Waals surface area (Å²) < 4.78 is 0. The Kier molecular flexibility index (Phi) is 5.28. The average molecular weight is 443 g/mol. The monoisotopic (exact) mass is 442 g/mol. The molecule has 0 radical (unpaired) electrons. The van der Waals surface area contributed by atoms with Gasteiger partial charge in [-0.1, -0.05) is 0 Å². The van der Waals surface area contributed by atoms with Crippen molar-refractivity contribution in [1.29, 1.82) is 0 Å². The number of fused-ring (bicyclic) bond motifs is 1. The summed E-state index contributed by atoms with van der Waals surface area (Å²) >= 11 is 0. The number of aromatic nitrogens is 3. The summed E-state index contributed by atoms with van der Waals surface area (Å²) in [5.74, 6) is 0.284. The molecule has 1 aromatic carbocycles. The number of carbonyl (C=O) groups is 2. The van der Waals surface area contributed by atoms with Gasteiger partial charge in [-0.05, 0) is 69.0 Å². The van der Waals surface area contributed by atoms with Crippen LogP contribution in [0.3, 0.4) is 0 Å². The van der Waals surface area contributed by atoms with E-state index in [1.54, 1.807) is 24.7 Å². The van der Waals surface area contributed by atoms with E-state index in [0.717, 1.165) is 42.7 Å². The third-order valence-corrected chi connectivity index (χ3v) is 6.38. The minimum Gasteiger partial charge on any atom is -0.341 e. The van der Waals surface area contributed by atoms with Gasteiger partial charge in [0, 0.05) is 48.6 Å². The molecule has 0 bridgehead atoms. The summed E-state index contributed by atoms with van der Waals surface area (Å²) in [5.41, 5.74) is 3.35. The van der Waals surface area contributed by atoms with E-state index >= 15 is 0 Å². The molecular formula is C25H26N6O2. The third-order valence-electron chi connectivity index (χ3n) is 6.38. The molecule has 0 saturated carbocycles. The van der Waals surface area contributed by atoms with Gasteiger partial charge in [-0.2, -0.15) is 0 Å². The smallest absolute Gasteiger partial charge is 0.259 e. The van der Waals surface area contributed by atoms with Crippen LogP contribution in [-0.2, 0) is 10.2 Å². The highest BCUT2D eigenvalue weighted by atomic mass is 16.2. The molecule has 2 N–H and O–H groups in total. The third kappa shape index (κ3) is 3.92. The van der Waals surface area contributed by atoms with Crippen LogP contribution in [0.15, 0.2) is 48.9 Å². The second-order valence-corrected chi connectivity index (χ2v) is 9.01. The fourth-order valence-corrected chi connectivity index (χ4v) is 4.36. The first-order valence-corrected chi connectivity index (χ1v) is 11.2. The molecule has 3 aromatic rings. The van der Waals surface area contributed by atoms with E-state index in [2.05, 4.69) is 25.5 Å². The van der Waals surface area contributed by atoms with Crippen molar-refractivity contribution in [2.24, 2.45) is 0 Å². The lowest BCUT2D eigenvalue weighted by atomic mass is 9.86. The predicted octanol–water partition coefficient (Wildman–Crippen LogP) is 4.01. The molecule has 2 aliphatic rings. The number of benzene rings is 1. The second kappa shape index (κ2) is 8.27. The van der Waals surface area contributed by atoms with Crippen LogP contribution in [0.5, 0.6) is 0 Å². The van der Waals surface area contributed by atoms with Crippen LogP contribution in [0.1, 0.15) is 49.0 Å². The van der Waals surface area contributed by atoms with Crippen molar-refractivity contribution >= 4 is 29.1 Å². The maximum atomic E-state index is 13.3. The summed E-state index contributed by atoms with van der Waals surface area (Å²) in [6.07, 6.45) is 8.42. The zero-order valence-corrected chi connectivity index (χ0v) is 18.8. The van der Waals surface area contributed by atoms with Gasteiger partial charge in [0.2, 0.25) is 11.9 Å². The van der Waals surface area contributed by atoms with Crippen LogP contribution in [0.2, 0.25) is 0 Å². The first-order chi connectivity index (χ1) is 15.9. The van der Waals surface area contributed by atoms with Crippen LogP contribution < -0.4 is 15.5 Å². The molecule has 0 aliphatic carbocycles. The standard InChI is InChI=1S/C25H26N6O2/c1-25(2)19-14-17(6-7-20(19)29-23(25)33)28-22(32)18-15-27-24(31-12-4-3-5-13-31)30-21(18)16-8-10-26-11-9-16/h6-11,14-15H,3-5,12-13H2,1-2H3,(H,28,32)(H,29,33). The van der Waals surface area contributed by atoms with Gasteiger partial charge in [0.1, 0.15) is 0 Å². The molecule has 2 amide bonds. The Morgan fingerprint density at radius 3 is 2.61 bits per heavy atom. The Morgan fingerprint density at radius 2 is 1.85 bits per heavy atom. The second-order valence-electron chi connectivity index (χ2n) is 9.01. The topological polar surface area (TPSA) is 100 Å². The summed E-state index contributed by atoms with van der Waals surface area (Å²) in [6.45, 7) is 5.57. The number of nitrogens with one attached hydrogen (secondary N) is 2. The lowest BCUT2D eigenvalue weighted by Gasteiger charge is -2.27. The molecule has 5 rings (SSSR count). The summed E-state index contributed by atoms with van der Waals surface area (Å²) in [4.78, 5) is 41.1. The number of rotatable bonds is 4. The minimum atomic E-state index is -0.655. The highest BCUT2D eigenvalue weighted by Gasteiger charge is 2.38. The molecule has 2 aromatic heterocycles. The largest absolute Gasteiger partial charge is 0.341 e. The SMILES string of the molecule is CC1(C)C(=O)Nc2ccc(NC(=O)c3cnc(N4CCCCC4)nc3-c3ccncc3)cc21. The van der Waals surface area contributed by atoms with Crippen LogP contribution in [-0.4, -0.2) is 39.9 Å². The molecule has 33 heavy (non-hydrogen) atoms. The van der Waals surface area contributed by atoms with E-state index in [1.165, 1.54) is 6.42 Å². The van der Waals surface area contributed by atoms with Gasteiger partial charge in [-0.15, -0.1) is 0 Å². The van der Waals surface area contributed by atoms with Crippen molar-refractivity contribution in [3.05, 3.63) is 60.0 Å². The maximum absolute atomic E-state index is 13.3. The summed E-state index contributed by atoms with van der Waals surface area (Å²) in [6, 6.07) is 9.13. The lowest BCUT2D eigenvalue weighted by molar-refractivity contribution is -0.119.